The van der Waals surface area contributed by atoms with Gasteiger partial charge in [-0.3, -0.25) is 0 Å². The molecule has 126 valence electrons. The van der Waals surface area contributed by atoms with Gasteiger partial charge in [0, 0.05) is 5.57 Å². The van der Waals surface area contributed by atoms with Gasteiger partial charge in [-0.05, 0) is 77.9 Å². The predicted molar refractivity (Wildman–Crippen MR) is 91.1 cm³/mol. The summed E-state index contributed by atoms with van der Waals surface area (Å²) < 4.78 is 11.5. The number of allylic oxidation sites excluding steroid dienone is 3. The summed E-state index contributed by atoms with van der Waals surface area (Å²) in [5.41, 5.74) is 4.71. The Balaban J connectivity index is 1.80. The van der Waals surface area contributed by atoms with Crippen molar-refractivity contribution in [2.75, 3.05) is 0 Å². The largest absolute Gasteiger partial charge is 0.450 e. The first-order valence-electron chi connectivity index (χ1n) is 8.80. The fraction of sp³-hybridized carbons (Fsp3) is 0.650. The Morgan fingerprint density at radius 2 is 1.91 bits per heavy atom. The summed E-state index contributed by atoms with van der Waals surface area (Å²) >= 11 is 0. The number of hydrogen-bond donors (Lipinski definition) is 0. The number of ether oxygens (including phenoxy) is 2. The standard InChI is InChI=1S/C20H28O3/c1-13-6-5-11-20(4)18(23-20)10-8-14(2)12-17-16(9-7-13)15(3)19(21)22-17/h6,12,17-18H,5,7-11H2,1-4H3/b13-6+,14-12+/t17-,18-,20-/m0/s1. The lowest BCUT2D eigenvalue weighted by atomic mass is 9.93. The van der Waals surface area contributed by atoms with Crippen molar-refractivity contribution >= 4 is 5.97 Å². The van der Waals surface area contributed by atoms with Gasteiger partial charge in [-0.15, -0.1) is 0 Å². The SMILES string of the molecule is CC1=C2CC/C(C)=C/CC[C@]3(C)O[C@H]3CC/C(C)=C/[C@@H]2OC1=O. The molecule has 3 atom stereocenters. The number of epoxide rings is 1. The van der Waals surface area contributed by atoms with Crippen molar-refractivity contribution in [2.24, 2.45) is 0 Å². The van der Waals surface area contributed by atoms with E-state index in [2.05, 4.69) is 32.9 Å². The van der Waals surface area contributed by atoms with Crippen LogP contribution in [0.3, 0.4) is 0 Å². The molecule has 0 aromatic heterocycles. The Morgan fingerprint density at radius 3 is 2.70 bits per heavy atom. The third kappa shape index (κ3) is 3.60. The molecule has 2 heterocycles. The highest BCUT2D eigenvalue weighted by molar-refractivity contribution is 5.92. The van der Waals surface area contributed by atoms with Crippen LogP contribution in [0.4, 0.5) is 0 Å². The monoisotopic (exact) mass is 316 g/mol. The maximum Gasteiger partial charge on any atom is 0.334 e. The van der Waals surface area contributed by atoms with E-state index in [1.165, 1.54) is 11.1 Å². The Kier molecular flexibility index (Phi) is 4.50. The van der Waals surface area contributed by atoms with Crippen LogP contribution in [0, 0.1) is 0 Å². The van der Waals surface area contributed by atoms with E-state index in [1.54, 1.807) is 0 Å². The first kappa shape index (κ1) is 16.5. The summed E-state index contributed by atoms with van der Waals surface area (Å²) in [7, 11) is 0. The Bertz CT molecular complexity index is 596. The smallest absolute Gasteiger partial charge is 0.334 e. The minimum atomic E-state index is -0.162. The normalized spacial score (nSPS) is 40.1. The predicted octanol–water partition coefficient (Wildman–Crippen LogP) is 4.63. The van der Waals surface area contributed by atoms with Crippen LogP contribution in [-0.4, -0.2) is 23.8 Å². The molecule has 0 aromatic rings. The van der Waals surface area contributed by atoms with Crippen molar-refractivity contribution in [3.05, 3.63) is 34.4 Å². The minimum absolute atomic E-state index is 0.0721. The lowest BCUT2D eigenvalue weighted by molar-refractivity contribution is -0.138. The zero-order valence-corrected chi connectivity index (χ0v) is 14.8. The Morgan fingerprint density at radius 1 is 1.13 bits per heavy atom. The van der Waals surface area contributed by atoms with E-state index >= 15 is 0 Å². The molecule has 3 heteroatoms. The van der Waals surface area contributed by atoms with Gasteiger partial charge in [0.1, 0.15) is 6.10 Å². The third-order valence-corrected chi connectivity index (χ3v) is 5.56. The van der Waals surface area contributed by atoms with Crippen LogP contribution in [-0.2, 0) is 14.3 Å². The molecular formula is C20H28O3. The molecule has 0 unspecified atom stereocenters. The van der Waals surface area contributed by atoms with Crippen LogP contribution in [0.1, 0.15) is 66.2 Å². The highest BCUT2D eigenvalue weighted by Crippen LogP contribution is 2.44. The highest BCUT2D eigenvalue weighted by atomic mass is 16.6. The fourth-order valence-corrected chi connectivity index (χ4v) is 3.70. The molecule has 0 saturated carbocycles. The lowest BCUT2D eigenvalue weighted by Crippen LogP contribution is -2.11. The lowest BCUT2D eigenvalue weighted by Gasteiger charge is -2.13. The van der Waals surface area contributed by atoms with Crippen molar-refractivity contribution < 1.29 is 14.3 Å². The van der Waals surface area contributed by atoms with Gasteiger partial charge in [0.15, 0.2) is 0 Å². The molecule has 1 saturated heterocycles. The summed E-state index contributed by atoms with van der Waals surface area (Å²) in [6.45, 7) is 8.44. The fourth-order valence-electron chi connectivity index (χ4n) is 3.70. The molecule has 0 radical (unpaired) electrons. The minimum Gasteiger partial charge on any atom is -0.450 e. The summed E-state index contributed by atoms with van der Waals surface area (Å²) in [6, 6.07) is 0. The van der Waals surface area contributed by atoms with Crippen molar-refractivity contribution in [2.45, 2.75) is 84.0 Å². The average Bonchev–Trinajstić information content (AvgIpc) is 3.06. The maximum atomic E-state index is 11.9. The van der Waals surface area contributed by atoms with E-state index < -0.39 is 0 Å². The zero-order valence-electron chi connectivity index (χ0n) is 14.8. The topological polar surface area (TPSA) is 38.8 Å². The Hall–Kier alpha value is -1.35. The molecular weight excluding hydrogens is 288 g/mol. The number of esters is 1. The van der Waals surface area contributed by atoms with Gasteiger partial charge >= 0.3 is 5.97 Å². The molecule has 0 aromatic carbocycles. The molecule has 0 spiro atoms. The van der Waals surface area contributed by atoms with Crippen molar-refractivity contribution in [1.82, 2.24) is 0 Å². The molecule has 0 amide bonds. The molecule has 3 aliphatic rings. The number of fused-ring (bicyclic) bond motifs is 2. The van der Waals surface area contributed by atoms with Crippen LogP contribution in [0.5, 0.6) is 0 Å². The van der Waals surface area contributed by atoms with Crippen LogP contribution in [0.15, 0.2) is 34.4 Å². The van der Waals surface area contributed by atoms with Crippen molar-refractivity contribution in [3.63, 3.8) is 0 Å². The molecule has 3 rings (SSSR count). The van der Waals surface area contributed by atoms with E-state index in [-0.39, 0.29) is 17.7 Å². The van der Waals surface area contributed by atoms with Gasteiger partial charge in [-0.2, -0.15) is 0 Å². The van der Waals surface area contributed by atoms with E-state index in [4.69, 9.17) is 9.47 Å². The number of carbonyl (C=O) groups excluding carboxylic acids is 1. The third-order valence-electron chi connectivity index (χ3n) is 5.56. The van der Waals surface area contributed by atoms with Gasteiger partial charge in [0.25, 0.3) is 0 Å². The first-order chi connectivity index (χ1) is 10.9. The van der Waals surface area contributed by atoms with E-state index in [0.29, 0.717) is 6.10 Å². The second-order valence-corrected chi connectivity index (χ2v) is 7.54. The number of rotatable bonds is 0. The van der Waals surface area contributed by atoms with Gasteiger partial charge in [0.2, 0.25) is 0 Å². The zero-order chi connectivity index (χ0) is 16.6. The quantitative estimate of drug-likeness (QED) is 0.371. The van der Waals surface area contributed by atoms with Crippen LogP contribution >= 0.6 is 0 Å². The number of carbonyl (C=O) groups is 1. The summed E-state index contributed by atoms with van der Waals surface area (Å²) in [6.07, 6.45) is 10.8. The van der Waals surface area contributed by atoms with Gasteiger partial charge in [0.05, 0.1) is 11.7 Å². The van der Waals surface area contributed by atoms with Gasteiger partial charge < -0.3 is 9.47 Å². The summed E-state index contributed by atoms with van der Waals surface area (Å²) in [5, 5.41) is 0. The van der Waals surface area contributed by atoms with Crippen molar-refractivity contribution in [1.29, 1.82) is 0 Å². The van der Waals surface area contributed by atoms with E-state index in [9.17, 15) is 4.79 Å². The molecule has 2 aliphatic heterocycles. The maximum absolute atomic E-state index is 11.9. The highest BCUT2D eigenvalue weighted by Gasteiger charge is 2.50. The van der Waals surface area contributed by atoms with Crippen molar-refractivity contribution in [3.8, 4) is 0 Å². The average molecular weight is 316 g/mol. The van der Waals surface area contributed by atoms with Crippen LogP contribution in [0.2, 0.25) is 0 Å². The summed E-state index contributed by atoms with van der Waals surface area (Å²) in [5.74, 6) is -0.155. The first-order valence-corrected chi connectivity index (χ1v) is 8.80. The van der Waals surface area contributed by atoms with Gasteiger partial charge in [-0.1, -0.05) is 17.2 Å². The van der Waals surface area contributed by atoms with Crippen LogP contribution in [0.25, 0.3) is 0 Å². The molecule has 1 aliphatic carbocycles. The second-order valence-electron chi connectivity index (χ2n) is 7.54. The van der Waals surface area contributed by atoms with Crippen LogP contribution < -0.4 is 0 Å². The molecule has 1 fully saturated rings. The molecule has 3 nitrogen and oxygen atoms in total. The van der Waals surface area contributed by atoms with E-state index in [1.807, 2.05) is 6.92 Å². The second kappa shape index (κ2) is 6.27. The van der Waals surface area contributed by atoms with Gasteiger partial charge in [-0.25, -0.2) is 4.79 Å². The molecule has 0 bridgehead atoms. The van der Waals surface area contributed by atoms with E-state index in [0.717, 1.165) is 49.7 Å². The molecule has 23 heavy (non-hydrogen) atoms. The Labute approximate surface area is 139 Å². The molecule has 0 N–H and O–H groups in total. The summed E-state index contributed by atoms with van der Waals surface area (Å²) in [4.78, 5) is 11.9. The number of hydrogen-bond acceptors (Lipinski definition) is 3.